The highest BCUT2D eigenvalue weighted by molar-refractivity contribution is 6.36. The molecule has 1 saturated heterocycles. The fourth-order valence-corrected chi connectivity index (χ4v) is 3.14. The SMILES string of the molecule is COc1cnc(C(=O)Cc2c(Cl)c[n+]([O-])cc2Cl)cc1OC1CCOC1. The van der Waals surface area contributed by atoms with E-state index in [0.717, 1.165) is 18.8 Å². The molecule has 7 nitrogen and oxygen atoms in total. The fourth-order valence-electron chi connectivity index (χ4n) is 2.56. The number of methoxy groups -OCH3 is 1. The number of aromatic nitrogens is 2. The molecule has 0 saturated carbocycles. The maximum Gasteiger partial charge on any atom is 0.199 e. The summed E-state index contributed by atoms with van der Waals surface area (Å²) in [4.78, 5) is 16.7. The summed E-state index contributed by atoms with van der Waals surface area (Å²) in [6, 6.07) is 1.53. The third kappa shape index (κ3) is 4.17. The molecule has 1 aliphatic rings. The van der Waals surface area contributed by atoms with E-state index in [9.17, 15) is 10.0 Å². The molecule has 138 valence electrons. The lowest BCUT2D eigenvalue weighted by Crippen LogP contribution is -2.25. The minimum absolute atomic E-state index is 0.0934. The van der Waals surface area contributed by atoms with E-state index in [4.69, 9.17) is 37.4 Å². The molecule has 1 fully saturated rings. The summed E-state index contributed by atoms with van der Waals surface area (Å²) >= 11 is 12.0. The van der Waals surface area contributed by atoms with Gasteiger partial charge in [0.25, 0.3) is 0 Å². The Kier molecular flexibility index (Phi) is 5.80. The second-order valence-electron chi connectivity index (χ2n) is 5.72. The Morgan fingerprint density at radius 1 is 1.38 bits per heavy atom. The van der Waals surface area contributed by atoms with Gasteiger partial charge in [0.1, 0.15) is 21.8 Å². The van der Waals surface area contributed by atoms with Crippen LogP contribution in [-0.4, -0.2) is 37.2 Å². The number of halogens is 2. The summed E-state index contributed by atoms with van der Waals surface area (Å²) in [5, 5.41) is 11.5. The minimum atomic E-state index is -0.312. The maximum atomic E-state index is 12.6. The van der Waals surface area contributed by atoms with E-state index in [1.54, 1.807) is 0 Å². The van der Waals surface area contributed by atoms with Crippen molar-refractivity contribution < 1.29 is 23.7 Å². The molecule has 3 rings (SSSR count). The molecular weight excluding hydrogens is 383 g/mol. The lowest BCUT2D eigenvalue weighted by atomic mass is 10.1. The number of hydrogen-bond donors (Lipinski definition) is 0. The average Bonchev–Trinajstić information content (AvgIpc) is 3.11. The smallest absolute Gasteiger partial charge is 0.199 e. The largest absolute Gasteiger partial charge is 0.619 e. The van der Waals surface area contributed by atoms with Crippen LogP contribution in [-0.2, 0) is 11.2 Å². The second kappa shape index (κ2) is 8.07. The van der Waals surface area contributed by atoms with E-state index in [0.29, 0.717) is 35.0 Å². The predicted octanol–water partition coefficient (Wildman–Crippen LogP) is 2.62. The first-order valence-electron chi connectivity index (χ1n) is 7.86. The van der Waals surface area contributed by atoms with Crippen molar-refractivity contribution in [2.45, 2.75) is 18.9 Å². The Labute approximate surface area is 160 Å². The summed E-state index contributed by atoms with van der Waals surface area (Å²) in [6.07, 6.45) is 4.29. The Hall–Kier alpha value is -2.09. The van der Waals surface area contributed by atoms with Crippen LogP contribution in [0.3, 0.4) is 0 Å². The monoisotopic (exact) mass is 398 g/mol. The van der Waals surface area contributed by atoms with Crippen molar-refractivity contribution in [3.8, 4) is 11.5 Å². The molecule has 0 aliphatic carbocycles. The Balaban J connectivity index is 1.83. The molecule has 3 heterocycles. The topological polar surface area (TPSA) is 84.6 Å². The van der Waals surface area contributed by atoms with Crippen molar-refractivity contribution in [3.63, 3.8) is 0 Å². The van der Waals surface area contributed by atoms with Crippen molar-refractivity contribution in [1.82, 2.24) is 4.98 Å². The van der Waals surface area contributed by atoms with Crippen LogP contribution in [0.15, 0.2) is 24.7 Å². The summed E-state index contributed by atoms with van der Waals surface area (Å²) in [5.41, 5.74) is 0.556. The number of Topliss-reactive ketones (excluding diaryl/α,β-unsaturated/α-hetero) is 1. The lowest BCUT2D eigenvalue weighted by molar-refractivity contribution is -0.605. The fraction of sp³-hybridized carbons (Fsp3) is 0.353. The van der Waals surface area contributed by atoms with E-state index >= 15 is 0 Å². The number of rotatable bonds is 6. The first-order chi connectivity index (χ1) is 12.5. The standard InChI is InChI=1S/C17H16Cl2N2O5/c1-24-17-6-20-14(5-16(17)26-10-2-3-25-9-10)15(22)4-11-12(18)7-21(23)8-13(11)19/h5-8,10H,2-4,9H2,1H3. The average molecular weight is 399 g/mol. The molecular formula is C17H16Cl2N2O5. The van der Waals surface area contributed by atoms with E-state index in [1.165, 1.54) is 19.4 Å². The third-order valence-corrected chi connectivity index (χ3v) is 4.57. The van der Waals surface area contributed by atoms with Crippen LogP contribution < -0.4 is 14.2 Å². The van der Waals surface area contributed by atoms with Crippen molar-refractivity contribution in [2.75, 3.05) is 20.3 Å². The van der Waals surface area contributed by atoms with Crippen molar-refractivity contribution >= 4 is 29.0 Å². The number of pyridine rings is 2. The Morgan fingerprint density at radius 2 is 2.12 bits per heavy atom. The molecule has 0 N–H and O–H groups in total. The normalized spacial score (nSPS) is 16.5. The zero-order valence-corrected chi connectivity index (χ0v) is 15.4. The number of nitrogens with zero attached hydrogens (tertiary/aromatic N) is 2. The molecule has 1 atom stereocenters. The zero-order chi connectivity index (χ0) is 18.7. The van der Waals surface area contributed by atoms with E-state index in [2.05, 4.69) is 4.98 Å². The number of carbonyl (C=O) groups is 1. The van der Waals surface area contributed by atoms with Gasteiger partial charge in [-0.05, 0) is 0 Å². The van der Waals surface area contributed by atoms with Crippen LogP contribution in [0.5, 0.6) is 11.5 Å². The van der Waals surface area contributed by atoms with Gasteiger partial charge in [-0.1, -0.05) is 23.2 Å². The third-order valence-electron chi connectivity index (χ3n) is 3.91. The Bertz CT molecular complexity index is 802. The van der Waals surface area contributed by atoms with Gasteiger partial charge in [0.05, 0.1) is 26.5 Å². The molecule has 0 aromatic carbocycles. The van der Waals surface area contributed by atoms with Gasteiger partial charge in [-0.25, -0.2) is 4.98 Å². The predicted molar refractivity (Wildman–Crippen MR) is 94.1 cm³/mol. The maximum absolute atomic E-state index is 12.6. The number of ketones is 1. The van der Waals surface area contributed by atoms with Gasteiger partial charge in [-0.2, -0.15) is 4.73 Å². The quantitative estimate of drug-likeness (QED) is 0.422. The lowest BCUT2D eigenvalue weighted by Gasteiger charge is -2.15. The van der Waals surface area contributed by atoms with Crippen LogP contribution >= 0.6 is 23.2 Å². The highest BCUT2D eigenvalue weighted by Gasteiger charge is 2.22. The highest BCUT2D eigenvalue weighted by atomic mass is 35.5. The number of hydrogen-bond acceptors (Lipinski definition) is 6. The van der Waals surface area contributed by atoms with Crippen LogP contribution in [0.25, 0.3) is 0 Å². The highest BCUT2D eigenvalue weighted by Crippen LogP contribution is 2.30. The van der Waals surface area contributed by atoms with Crippen molar-refractivity contribution in [1.29, 1.82) is 0 Å². The van der Waals surface area contributed by atoms with Crippen LogP contribution in [0.4, 0.5) is 0 Å². The van der Waals surface area contributed by atoms with Gasteiger partial charge in [0.15, 0.2) is 29.7 Å². The summed E-state index contributed by atoms with van der Waals surface area (Å²) in [5.74, 6) is 0.535. The molecule has 2 aromatic rings. The summed E-state index contributed by atoms with van der Waals surface area (Å²) in [6.45, 7) is 1.12. The van der Waals surface area contributed by atoms with Crippen LogP contribution in [0.2, 0.25) is 10.0 Å². The molecule has 0 radical (unpaired) electrons. The zero-order valence-electron chi connectivity index (χ0n) is 13.9. The second-order valence-corrected chi connectivity index (χ2v) is 6.53. The summed E-state index contributed by atoms with van der Waals surface area (Å²) in [7, 11) is 1.50. The van der Waals surface area contributed by atoms with Gasteiger partial charge >= 0.3 is 0 Å². The van der Waals surface area contributed by atoms with E-state index < -0.39 is 0 Å². The molecule has 26 heavy (non-hydrogen) atoms. The first kappa shape index (κ1) is 18.7. The molecule has 2 aromatic heterocycles. The first-order valence-corrected chi connectivity index (χ1v) is 8.62. The number of ether oxygens (including phenoxy) is 3. The molecule has 1 aliphatic heterocycles. The molecule has 0 bridgehead atoms. The van der Waals surface area contributed by atoms with Gasteiger partial charge in [0, 0.05) is 24.5 Å². The Morgan fingerprint density at radius 3 is 2.73 bits per heavy atom. The summed E-state index contributed by atoms with van der Waals surface area (Å²) < 4.78 is 16.9. The number of carbonyl (C=O) groups excluding carboxylic acids is 1. The molecule has 0 amide bonds. The van der Waals surface area contributed by atoms with E-state index in [-0.39, 0.29) is 34.0 Å². The van der Waals surface area contributed by atoms with Gasteiger partial charge < -0.3 is 19.4 Å². The van der Waals surface area contributed by atoms with Crippen molar-refractivity contribution in [2.24, 2.45) is 0 Å². The van der Waals surface area contributed by atoms with Gasteiger partial charge in [0.2, 0.25) is 0 Å². The van der Waals surface area contributed by atoms with Gasteiger partial charge in [-0.15, -0.1) is 0 Å². The van der Waals surface area contributed by atoms with Crippen molar-refractivity contribution in [3.05, 3.63) is 51.2 Å². The van der Waals surface area contributed by atoms with Crippen LogP contribution in [0, 0.1) is 5.21 Å². The minimum Gasteiger partial charge on any atom is -0.619 e. The molecule has 1 unspecified atom stereocenters. The van der Waals surface area contributed by atoms with E-state index in [1.807, 2.05) is 0 Å². The molecule has 0 spiro atoms. The van der Waals surface area contributed by atoms with Crippen LogP contribution in [0.1, 0.15) is 22.5 Å². The van der Waals surface area contributed by atoms with Gasteiger partial charge in [-0.3, -0.25) is 4.79 Å². The molecule has 9 heteroatoms.